The molecule has 0 aliphatic carbocycles. The molecule has 1 saturated heterocycles. The van der Waals surface area contributed by atoms with Crippen LogP contribution in [0.15, 0.2) is 18.2 Å². The third kappa shape index (κ3) is 2.97. The molecule has 1 aliphatic rings. The van der Waals surface area contributed by atoms with Gasteiger partial charge in [0.1, 0.15) is 0 Å². The Kier molecular flexibility index (Phi) is 3.85. The lowest BCUT2D eigenvalue weighted by Gasteiger charge is -2.28. The summed E-state index contributed by atoms with van der Waals surface area (Å²) in [4.78, 5) is 0. The van der Waals surface area contributed by atoms with Crippen LogP contribution < -0.4 is 5.32 Å². The zero-order chi connectivity index (χ0) is 11.5. The van der Waals surface area contributed by atoms with Crippen molar-refractivity contribution in [1.82, 2.24) is 5.32 Å². The zero-order valence-corrected chi connectivity index (χ0v) is 10.6. The van der Waals surface area contributed by atoms with Gasteiger partial charge in [0.15, 0.2) is 0 Å². The monoisotopic (exact) mass is 239 g/mol. The molecule has 1 heterocycles. The van der Waals surface area contributed by atoms with E-state index in [2.05, 4.69) is 24.4 Å². The Morgan fingerprint density at radius 3 is 2.94 bits per heavy atom. The smallest absolute Gasteiger partial charge is 0.0743 e. The molecular weight excluding hydrogens is 222 g/mol. The van der Waals surface area contributed by atoms with Crippen molar-refractivity contribution in [2.75, 3.05) is 13.1 Å². The molecule has 2 atom stereocenters. The number of hydrogen-bond donors (Lipinski definition) is 1. The molecule has 1 aliphatic heterocycles. The molecule has 1 fully saturated rings. The Balaban J connectivity index is 2.00. The Hall–Kier alpha value is -0.570. The molecule has 88 valence electrons. The van der Waals surface area contributed by atoms with Gasteiger partial charge in [-0.1, -0.05) is 23.7 Å². The molecule has 2 nitrogen and oxygen atoms in total. The van der Waals surface area contributed by atoms with Gasteiger partial charge in [0.2, 0.25) is 0 Å². The van der Waals surface area contributed by atoms with Gasteiger partial charge in [0.25, 0.3) is 0 Å². The van der Waals surface area contributed by atoms with Crippen LogP contribution in [0.3, 0.4) is 0 Å². The number of benzene rings is 1. The van der Waals surface area contributed by atoms with E-state index in [0.717, 1.165) is 30.1 Å². The first-order valence-corrected chi connectivity index (χ1v) is 6.14. The summed E-state index contributed by atoms with van der Waals surface area (Å²) < 4.78 is 5.85. The van der Waals surface area contributed by atoms with Crippen LogP contribution in [0.2, 0.25) is 5.02 Å². The molecule has 3 heteroatoms. The molecule has 2 unspecified atom stereocenters. The van der Waals surface area contributed by atoms with Gasteiger partial charge < -0.3 is 10.1 Å². The first kappa shape index (κ1) is 11.9. The summed E-state index contributed by atoms with van der Waals surface area (Å²) in [6.07, 6.45) is 1.50. The Labute approximate surface area is 102 Å². The van der Waals surface area contributed by atoms with Gasteiger partial charge >= 0.3 is 0 Å². The van der Waals surface area contributed by atoms with E-state index in [0.29, 0.717) is 6.10 Å². The first-order chi connectivity index (χ1) is 7.65. The molecule has 1 aromatic carbocycles. The summed E-state index contributed by atoms with van der Waals surface area (Å²) in [5.41, 5.74) is 2.37. The largest absolute Gasteiger partial charge is 0.372 e. The van der Waals surface area contributed by atoms with Crippen molar-refractivity contribution in [3.8, 4) is 0 Å². The molecule has 1 aromatic rings. The predicted octanol–water partition coefficient (Wildman–Crippen LogP) is 2.57. The van der Waals surface area contributed by atoms with Crippen LogP contribution in [0.1, 0.15) is 18.1 Å². The minimum Gasteiger partial charge on any atom is -0.372 e. The van der Waals surface area contributed by atoms with Gasteiger partial charge in [-0.05, 0) is 37.5 Å². The summed E-state index contributed by atoms with van der Waals surface area (Å²) in [5, 5.41) is 4.21. The molecule has 0 bridgehead atoms. The van der Waals surface area contributed by atoms with Crippen LogP contribution in [0.5, 0.6) is 0 Å². The molecule has 2 rings (SSSR count). The van der Waals surface area contributed by atoms with E-state index in [-0.39, 0.29) is 6.10 Å². The highest BCUT2D eigenvalue weighted by molar-refractivity contribution is 6.31. The molecule has 16 heavy (non-hydrogen) atoms. The summed E-state index contributed by atoms with van der Waals surface area (Å²) in [5.74, 6) is 0. The van der Waals surface area contributed by atoms with Gasteiger partial charge in [0, 0.05) is 18.1 Å². The van der Waals surface area contributed by atoms with Crippen LogP contribution >= 0.6 is 11.6 Å². The molecule has 0 aromatic heterocycles. The highest BCUT2D eigenvalue weighted by atomic mass is 35.5. The number of nitrogens with one attached hydrogen (secondary N) is 1. The first-order valence-electron chi connectivity index (χ1n) is 5.76. The second kappa shape index (κ2) is 5.17. The number of morpholine rings is 1. The van der Waals surface area contributed by atoms with Gasteiger partial charge in [0.05, 0.1) is 12.2 Å². The summed E-state index contributed by atoms with van der Waals surface area (Å²) >= 11 is 6.10. The van der Waals surface area contributed by atoms with Crippen LogP contribution in [0.25, 0.3) is 0 Å². The minimum absolute atomic E-state index is 0.266. The van der Waals surface area contributed by atoms with Crippen molar-refractivity contribution in [3.63, 3.8) is 0 Å². The standard InChI is InChI=1S/C13H18ClNO/c1-9-3-4-11(6-13(9)14)5-12-8-15-7-10(2)16-12/h3-4,6,10,12,15H,5,7-8H2,1-2H3. The van der Waals surface area contributed by atoms with E-state index in [1.54, 1.807) is 0 Å². The van der Waals surface area contributed by atoms with E-state index in [1.807, 2.05) is 13.0 Å². The molecule has 0 spiro atoms. The van der Waals surface area contributed by atoms with E-state index >= 15 is 0 Å². The lowest BCUT2D eigenvalue weighted by Crippen LogP contribution is -2.44. The summed E-state index contributed by atoms with van der Waals surface area (Å²) in [6.45, 7) is 6.00. The fraction of sp³-hybridized carbons (Fsp3) is 0.538. The van der Waals surface area contributed by atoms with E-state index in [9.17, 15) is 0 Å². The van der Waals surface area contributed by atoms with Crippen LogP contribution in [-0.2, 0) is 11.2 Å². The average molecular weight is 240 g/mol. The molecule has 1 N–H and O–H groups in total. The SMILES string of the molecule is Cc1ccc(CC2CNCC(C)O2)cc1Cl. The van der Waals surface area contributed by atoms with Crippen LogP contribution in [-0.4, -0.2) is 25.3 Å². The maximum atomic E-state index is 6.10. The Morgan fingerprint density at radius 1 is 1.44 bits per heavy atom. The van der Waals surface area contributed by atoms with Gasteiger partial charge in [-0.15, -0.1) is 0 Å². The fourth-order valence-corrected chi connectivity index (χ4v) is 2.22. The van der Waals surface area contributed by atoms with Gasteiger partial charge in [-0.3, -0.25) is 0 Å². The quantitative estimate of drug-likeness (QED) is 0.857. The highest BCUT2D eigenvalue weighted by Gasteiger charge is 2.18. The third-order valence-corrected chi connectivity index (χ3v) is 3.34. The third-order valence-electron chi connectivity index (χ3n) is 2.93. The van der Waals surface area contributed by atoms with E-state index in [1.165, 1.54) is 5.56 Å². The summed E-state index contributed by atoms with van der Waals surface area (Å²) in [7, 11) is 0. The van der Waals surface area contributed by atoms with Crippen molar-refractivity contribution in [2.45, 2.75) is 32.5 Å². The van der Waals surface area contributed by atoms with E-state index < -0.39 is 0 Å². The highest BCUT2D eigenvalue weighted by Crippen LogP contribution is 2.19. The summed E-state index contributed by atoms with van der Waals surface area (Å²) in [6, 6.07) is 6.24. The fourth-order valence-electron chi connectivity index (χ4n) is 2.02. The van der Waals surface area contributed by atoms with Crippen molar-refractivity contribution in [2.24, 2.45) is 0 Å². The lowest BCUT2D eigenvalue weighted by molar-refractivity contribution is -0.0262. The second-order valence-corrected chi connectivity index (χ2v) is 4.92. The molecule has 0 amide bonds. The van der Waals surface area contributed by atoms with Crippen LogP contribution in [0, 0.1) is 6.92 Å². The van der Waals surface area contributed by atoms with Gasteiger partial charge in [-0.25, -0.2) is 0 Å². The van der Waals surface area contributed by atoms with Crippen molar-refractivity contribution in [3.05, 3.63) is 34.3 Å². The predicted molar refractivity (Wildman–Crippen MR) is 67.1 cm³/mol. The number of ether oxygens (including phenoxy) is 1. The maximum Gasteiger partial charge on any atom is 0.0743 e. The number of rotatable bonds is 2. The number of hydrogen-bond acceptors (Lipinski definition) is 2. The number of halogens is 1. The zero-order valence-electron chi connectivity index (χ0n) is 9.79. The van der Waals surface area contributed by atoms with Crippen molar-refractivity contribution in [1.29, 1.82) is 0 Å². The molecule has 0 radical (unpaired) electrons. The minimum atomic E-state index is 0.266. The maximum absolute atomic E-state index is 6.10. The van der Waals surface area contributed by atoms with E-state index in [4.69, 9.17) is 16.3 Å². The van der Waals surface area contributed by atoms with Gasteiger partial charge in [-0.2, -0.15) is 0 Å². The Bertz CT molecular complexity index is 367. The molecular formula is C13H18ClNO. The molecule has 0 saturated carbocycles. The second-order valence-electron chi connectivity index (χ2n) is 4.51. The van der Waals surface area contributed by atoms with Crippen molar-refractivity contribution < 1.29 is 4.74 Å². The van der Waals surface area contributed by atoms with Crippen LogP contribution in [0.4, 0.5) is 0 Å². The topological polar surface area (TPSA) is 21.3 Å². The lowest BCUT2D eigenvalue weighted by atomic mass is 10.0. The normalized spacial score (nSPS) is 25.7. The number of aryl methyl sites for hydroxylation is 1. The average Bonchev–Trinajstić information content (AvgIpc) is 2.24. The van der Waals surface area contributed by atoms with Crippen molar-refractivity contribution >= 4 is 11.6 Å². The Morgan fingerprint density at radius 2 is 2.25 bits per heavy atom.